The van der Waals surface area contributed by atoms with Crippen molar-refractivity contribution in [3.63, 3.8) is 0 Å². The molecule has 3 heteroatoms. The third-order valence-electron chi connectivity index (χ3n) is 3.11. The van der Waals surface area contributed by atoms with Gasteiger partial charge >= 0.3 is 0 Å². The third kappa shape index (κ3) is 5.93. The van der Waals surface area contributed by atoms with Crippen molar-refractivity contribution in [2.75, 3.05) is 11.0 Å². The van der Waals surface area contributed by atoms with E-state index in [9.17, 15) is 4.79 Å². The number of carbonyl (C=O) groups excluding carboxylic acids is 1. The molecule has 0 aliphatic heterocycles. The first-order valence-electron chi connectivity index (χ1n) is 6.90. The van der Waals surface area contributed by atoms with E-state index in [-0.39, 0.29) is 11.3 Å². The molecule has 0 fully saturated rings. The maximum Gasteiger partial charge on any atom is 0.251 e. The van der Waals surface area contributed by atoms with Gasteiger partial charge in [-0.2, -0.15) is 0 Å². The first-order chi connectivity index (χ1) is 8.95. The second-order valence-corrected chi connectivity index (χ2v) is 6.91. The summed E-state index contributed by atoms with van der Waals surface area (Å²) in [6.07, 6.45) is 3.48. The molecular weight excluding hydrogens is 349 g/mol. The van der Waals surface area contributed by atoms with Crippen LogP contribution in [0.1, 0.15) is 56.0 Å². The summed E-state index contributed by atoms with van der Waals surface area (Å²) in [6.45, 7) is 7.30. The van der Waals surface area contributed by atoms with E-state index >= 15 is 0 Å². The molecule has 106 valence electrons. The van der Waals surface area contributed by atoms with Crippen LogP contribution in [0.4, 0.5) is 0 Å². The fourth-order valence-electron chi connectivity index (χ4n) is 1.82. The van der Waals surface area contributed by atoms with E-state index < -0.39 is 0 Å². The zero-order valence-electron chi connectivity index (χ0n) is 12.1. The van der Waals surface area contributed by atoms with Crippen LogP contribution in [0.5, 0.6) is 0 Å². The Balaban J connectivity index is 2.45. The molecule has 0 saturated heterocycles. The van der Waals surface area contributed by atoms with Crippen molar-refractivity contribution in [3.05, 3.63) is 35.4 Å². The van der Waals surface area contributed by atoms with Crippen molar-refractivity contribution < 1.29 is 4.79 Å². The van der Waals surface area contributed by atoms with Crippen LogP contribution in [-0.4, -0.2) is 16.9 Å². The quantitative estimate of drug-likeness (QED) is 0.449. The van der Waals surface area contributed by atoms with Crippen LogP contribution in [0.25, 0.3) is 0 Å². The highest BCUT2D eigenvalue weighted by molar-refractivity contribution is 14.1. The summed E-state index contributed by atoms with van der Waals surface area (Å²) in [7, 11) is 0. The highest BCUT2D eigenvalue weighted by atomic mass is 127. The van der Waals surface area contributed by atoms with E-state index in [4.69, 9.17) is 0 Å². The van der Waals surface area contributed by atoms with Crippen LogP contribution < -0.4 is 5.32 Å². The van der Waals surface area contributed by atoms with Crippen molar-refractivity contribution in [2.24, 2.45) is 0 Å². The van der Waals surface area contributed by atoms with E-state index in [2.05, 4.69) is 48.7 Å². The summed E-state index contributed by atoms with van der Waals surface area (Å²) in [5.74, 6) is 0.0370. The topological polar surface area (TPSA) is 29.1 Å². The standard InChI is InChI=1S/C16H24INO/c1-16(2,3)14-9-7-13(8-10-14)15(19)18-12-6-4-5-11-17/h7-10H,4-6,11-12H2,1-3H3,(H,18,19). The van der Waals surface area contributed by atoms with Crippen molar-refractivity contribution >= 4 is 28.5 Å². The molecule has 1 N–H and O–H groups in total. The molecule has 0 bridgehead atoms. The van der Waals surface area contributed by atoms with E-state index in [0.717, 1.165) is 18.5 Å². The zero-order valence-corrected chi connectivity index (χ0v) is 14.3. The van der Waals surface area contributed by atoms with Gasteiger partial charge in [0.25, 0.3) is 5.91 Å². The molecule has 0 saturated carbocycles. The van der Waals surface area contributed by atoms with Crippen molar-refractivity contribution in [3.8, 4) is 0 Å². The molecule has 0 unspecified atom stereocenters. The minimum absolute atomic E-state index is 0.0370. The van der Waals surface area contributed by atoms with Gasteiger partial charge in [0.05, 0.1) is 0 Å². The molecule has 0 aliphatic rings. The zero-order chi connectivity index (χ0) is 14.3. The van der Waals surface area contributed by atoms with Gasteiger partial charge in [0.2, 0.25) is 0 Å². The van der Waals surface area contributed by atoms with Crippen LogP contribution in [0, 0.1) is 0 Å². The number of amides is 1. The van der Waals surface area contributed by atoms with Gasteiger partial charge in [-0.1, -0.05) is 61.9 Å². The van der Waals surface area contributed by atoms with Crippen molar-refractivity contribution in [1.82, 2.24) is 5.32 Å². The second-order valence-electron chi connectivity index (χ2n) is 5.83. The number of unbranched alkanes of at least 4 members (excludes halogenated alkanes) is 2. The van der Waals surface area contributed by atoms with E-state index in [1.165, 1.54) is 22.8 Å². The largest absolute Gasteiger partial charge is 0.352 e. The van der Waals surface area contributed by atoms with Crippen LogP contribution in [-0.2, 0) is 5.41 Å². The molecular formula is C16H24INO. The molecule has 0 aromatic heterocycles. The molecule has 0 atom stereocenters. The van der Waals surface area contributed by atoms with Gasteiger partial charge in [-0.3, -0.25) is 4.79 Å². The number of halogens is 1. The van der Waals surface area contributed by atoms with Crippen LogP contribution in [0.3, 0.4) is 0 Å². The Morgan fingerprint density at radius 3 is 2.26 bits per heavy atom. The summed E-state index contributed by atoms with van der Waals surface area (Å²) in [5.41, 5.74) is 2.14. The first kappa shape index (κ1) is 16.5. The molecule has 0 aliphatic carbocycles. The van der Waals surface area contributed by atoms with Crippen molar-refractivity contribution in [2.45, 2.75) is 45.4 Å². The first-order valence-corrected chi connectivity index (χ1v) is 8.42. The van der Waals surface area contributed by atoms with Gasteiger partial charge < -0.3 is 5.32 Å². The predicted molar refractivity (Wildman–Crippen MR) is 90.2 cm³/mol. The highest BCUT2D eigenvalue weighted by Crippen LogP contribution is 2.22. The van der Waals surface area contributed by atoms with Crippen molar-refractivity contribution in [1.29, 1.82) is 0 Å². The minimum atomic E-state index is 0.0370. The maximum atomic E-state index is 11.9. The van der Waals surface area contributed by atoms with Gasteiger partial charge in [0.15, 0.2) is 0 Å². The van der Waals surface area contributed by atoms with E-state index in [0.29, 0.717) is 0 Å². The molecule has 1 aromatic rings. The SMILES string of the molecule is CC(C)(C)c1ccc(C(=O)NCCCCCI)cc1. The molecule has 0 heterocycles. The van der Waals surface area contributed by atoms with Crippen LogP contribution in [0.2, 0.25) is 0 Å². The maximum absolute atomic E-state index is 11.9. The number of benzene rings is 1. The summed E-state index contributed by atoms with van der Waals surface area (Å²) in [4.78, 5) is 11.9. The van der Waals surface area contributed by atoms with Crippen LogP contribution in [0.15, 0.2) is 24.3 Å². The third-order valence-corrected chi connectivity index (χ3v) is 3.87. The van der Waals surface area contributed by atoms with Gasteiger partial charge in [0.1, 0.15) is 0 Å². The molecule has 1 aromatic carbocycles. The Hall–Kier alpha value is -0.580. The number of hydrogen-bond acceptors (Lipinski definition) is 1. The molecule has 1 amide bonds. The lowest BCUT2D eigenvalue weighted by atomic mass is 9.87. The summed E-state index contributed by atoms with van der Waals surface area (Å²) in [5, 5.41) is 2.97. The molecule has 0 radical (unpaired) electrons. The summed E-state index contributed by atoms with van der Waals surface area (Å²) >= 11 is 2.38. The monoisotopic (exact) mass is 373 g/mol. The van der Waals surface area contributed by atoms with Gasteiger partial charge in [-0.05, 0) is 40.4 Å². The number of hydrogen-bond donors (Lipinski definition) is 1. The average molecular weight is 373 g/mol. The number of alkyl halides is 1. The van der Waals surface area contributed by atoms with Gasteiger partial charge in [-0.15, -0.1) is 0 Å². The summed E-state index contributed by atoms with van der Waals surface area (Å²) in [6, 6.07) is 7.93. The molecule has 1 rings (SSSR count). The molecule has 0 spiro atoms. The Labute approximate surface area is 130 Å². The van der Waals surface area contributed by atoms with E-state index in [1.54, 1.807) is 0 Å². The normalized spacial score (nSPS) is 11.4. The smallest absolute Gasteiger partial charge is 0.251 e. The average Bonchev–Trinajstić information content (AvgIpc) is 2.37. The number of rotatable bonds is 6. The summed E-state index contributed by atoms with van der Waals surface area (Å²) < 4.78 is 1.19. The Morgan fingerprint density at radius 2 is 1.74 bits per heavy atom. The number of nitrogens with one attached hydrogen (secondary N) is 1. The van der Waals surface area contributed by atoms with Gasteiger partial charge in [-0.25, -0.2) is 0 Å². The lowest BCUT2D eigenvalue weighted by molar-refractivity contribution is 0.0953. The Kier molecular flexibility index (Phi) is 6.83. The van der Waals surface area contributed by atoms with E-state index in [1.807, 2.05) is 24.3 Å². The minimum Gasteiger partial charge on any atom is -0.352 e. The predicted octanol–water partition coefficient (Wildman–Crippen LogP) is 4.32. The Bertz CT molecular complexity index is 392. The fraction of sp³-hybridized carbons (Fsp3) is 0.562. The highest BCUT2D eigenvalue weighted by Gasteiger charge is 2.14. The lowest BCUT2D eigenvalue weighted by Crippen LogP contribution is -2.24. The van der Waals surface area contributed by atoms with Crippen LogP contribution >= 0.6 is 22.6 Å². The second kappa shape index (κ2) is 7.88. The number of carbonyl (C=O) groups is 1. The molecule has 19 heavy (non-hydrogen) atoms. The lowest BCUT2D eigenvalue weighted by Gasteiger charge is -2.19. The van der Waals surface area contributed by atoms with Gasteiger partial charge in [0, 0.05) is 12.1 Å². The molecule has 2 nitrogen and oxygen atoms in total. The fourth-order valence-corrected chi connectivity index (χ4v) is 2.36. The Morgan fingerprint density at radius 1 is 1.11 bits per heavy atom.